The van der Waals surface area contributed by atoms with E-state index in [1.807, 2.05) is 24.3 Å². The molecule has 4 aromatic rings. The van der Waals surface area contributed by atoms with Crippen LogP contribution in [0.15, 0.2) is 101 Å². The minimum absolute atomic E-state index is 0.186. The average molecular weight is 652 g/mol. The summed E-state index contributed by atoms with van der Waals surface area (Å²) >= 11 is 15.3. The van der Waals surface area contributed by atoms with E-state index >= 15 is 0 Å². The summed E-state index contributed by atoms with van der Waals surface area (Å²) in [6, 6.07) is 25.4. The van der Waals surface area contributed by atoms with Gasteiger partial charge in [-0.25, -0.2) is 9.69 Å². The summed E-state index contributed by atoms with van der Waals surface area (Å²) in [6.07, 6.45) is 1.43. The molecule has 5 rings (SSSR count). The fraction of sp³-hybridized carbons (Fsp3) is 0.0645. The number of carbonyl (C=O) groups excluding carboxylic acids is 3. The maximum Gasteiger partial charge on any atom is 0.335 e. The van der Waals surface area contributed by atoms with Gasteiger partial charge in [0.1, 0.15) is 30.3 Å². The molecule has 0 unspecified atom stereocenters. The molecule has 0 aromatic heterocycles. The Morgan fingerprint density at radius 2 is 1.34 bits per heavy atom. The van der Waals surface area contributed by atoms with E-state index in [4.69, 9.17) is 32.7 Å². The number of ether oxygens (including phenoxy) is 2. The first-order valence-corrected chi connectivity index (χ1v) is 13.9. The quantitative estimate of drug-likeness (QED) is 0.157. The summed E-state index contributed by atoms with van der Waals surface area (Å²) in [5, 5.41) is 3.51. The number of carbonyl (C=O) groups is 3. The number of hydrogen-bond acceptors (Lipinski definition) is 5. The zero-order valence-corrected chi connectivity index (χ0v) is 24.4. The van der Waals surface area contributed by atoms with Gasteiger partial charge in [0.25, 0.3) is 11.8 Å². The largest absolute Gasteiger partial charge is 0.489 e. The number of rotatable bonds is 8. The number of urea groups is 1. The van der Waals surface area contributed by atoms with E-state index in [0.29, 0.717) is 44.8 Å². The average Bonchev–Trinajstić information content (AvgIpc) is 2.96. The molecule has 0 radical (unpaired) electrons. The number of imide groups is 2. The van der Waals surface area contributed by atoms with Crippen molar-refractivity contribution in [3.8, 4) is 11.5 Å². The Kier molecular flexibility index (Phi) is 8.73. The maximum absolute atomic E-state index is 13.3. The van der Waals surface area contributed by atoms with Crippen LogP contribution in [0.3, 0.4) is 0 Å². The molecule has 4 amide bonds. The predicted octanol–water partition coefficient (Wildman–Crippen LogP) is 7.58. The first-order valence-electron chi connectivity index (χ1n) is 12.3. The van der Waals surface area contributed by atoms with Crippen LogP contribution in [-0.4, -0.2) is 17.8 Å². The first kappa shape index (κ1) is 28.4. The van der Waals surface area contributed by atoms with E-state index in [-0.39, 0.29) is 11.3 Å². The number of barbiturate groups is 1. The summed E-state index contributed by atoms with van der Waals surface area (Å²) in [7, 11) is 0. The fourth-order valence-corrected chi connectivity index (χ4v) is 4.73. The second-order valence-electron chi connectivity index (χ2n) is 8.97. The van der Waals surface area contributed by atoms with E-state index in [0.717, 1.165) is 16.0 Å². The lowest BCUT2D eigenvalue weighted by atomic mass is 10.1. The number of nitrogens with zero attached hydrogens (tertiary/aromatic N) is 1. The van der Waals surface area contributed by atoms with Crippen LogP contribution in [0, 0.1) is 0 Å². The highest BCUT2D eigenvalue weighted by Gasteiger charge is 2.36. The summed E-state index contributed by atoms with van der Waals surface area (Å²) in [5.41, 5.74) is 2.55. The molecule has 4 aromatic carbocycles. The van der Waals surface area contributed by atoms with Crippen molar-refractivity contribution in [2.75, 3.05) is 4.90 Å². The lowest BCUT2D eigenvalue weighted by Gasteiger charge is -2.26. The van der Waals surface area contributed by atoms with Gasteiger partial charge >= 0.3 is 6.03 Å². The minimum Gasteiger partial charge on any atom is -0.489 e. The molecule has 1 heterocycles. The van der Waals surface area contributed by atoms with Crippen molar-refractivity contribution >= 4 is 68.7 Å². The zero-order chi connectivity index (χ0) is 28.9. The highest BCUT2D eigenvalue weighted by Crippen LogP contribution is 2.29. The van der Waals surface area contributed by atoms with Gasteiger partial charge < -0.3 is 9.47 Å². The normalized spacial score (nSPS) is 14.3. The van der Waals surface area contributed by atoms with Crippen LogP contribution in [0.5, 0.6) is 11.5 Å². The van der Waals surface area contributed by atoms with Crippen LogP contribution in [0.25, 0.3) is 6.08 Å². The van der Waals surface area contributed by atoms with Crippen LogP contribution < -0.4 is 19.7 Å². The second kappa shape index (κ2) is 12.6. The van der Waals surface area contributed by atoms with Gasteiger partial charge in [0.2, 0.25) is 0 Å². The SMILES string of the molecule is O=C1NC(=O)N(c2ccc(OCc3ccc(Cl)cc3)cc2)C(=O)/C1=C/c1ccc(OCc2ccc(Cl)cc2)c(Br)c1. The van der Waals surface area contributed by atoms with E-state index < -0.39 is 17.8 Å². The number of benzene rings is 4. The molecule has 0 spiro atoms. The van der Waals surface area contributed by atoms with Crippen LogP contribution in [0.1, 0.15) is 16.7 Å². The van der Waals surface area contributed by atoms with Crippen molar-refractivity contribution in [2.24, 2.45) is 0 Å². The number of halogens is 3. The monoisotopic (exact) mass is 650 g/mol. The Hall–Kier alpha value is -4.11. The Morgan fingerprint density at radius 1 is 0.756 bits per heavy atom. The lowest BCUT2D eigenvalue weighted by Crippen LogP contribution is -2.54. The number of hydrogen-bond donors (Lipinski definition) is 1. The van der Waals surface area contributed by atoms with E-state index in [9.17, 15) is 14.4 Å². The van der Waals surface area contributed by atoms with Crippen LogP contribution in [-0.2, 0) is 22.8 Å². The predicted molar refractivity (Wildman–Crippen MR) is 161 cm³/mol. The van der Waals surface area contributed by atoms with Crippen molar-refractivity contribution < 1.29 is 23.9 Å². The minimum atomic E-state index is -0.834. The molecule has 1 fully saturated rings. The summed E-state index contributed by atoms with van der Waals surface area (Å²) in [6.45, 7) is 0.653. The molecule has 206 valence electrons. The van der Waals surface area contributed by atoms with Crippen molar-refractivity contribution in [3.63, 3.8) is 0 Å². The molecular formula is C31H21BrCl2N2O5. The van der Waals surface area contributed by atoms with Gasteiger partial charge in [-0.3, -0.25) is 14.9 Å². The van der Waals surface area contributed by atoms with E-state index in [2.05, 4.69) is 21.2 Å². The number of nitrogens with one attached hydrogen (secondary N) is 1. The Labute approximate surface area is 254 Å². The highest BCUT2D eigenvalue weighted by molar-refractivity contribution is 9.10. The Balaban J connectivity index is 1.28. The van der Waals surface area contributed by atoms with Gasteiger partial charge in [0, 0.05) is 10.0 Å². The van der Waals surface area contributed by atoms with Gasteiger partial charge in [0.05, 0.1) is 10.2 Å². The number of amides is 4. The maximum atomic E-state index is 13.3. The Morgan fingerprint density at radius 3 is 1.93 bits per heavy atom. The first-order chi connectivity index (χ1) is 19.8. The molecule has 0 aliphatic carbocycles. The standard InChI is InChI=1S/C31H21BrCl2N2O5/c32-27-16-21(5-14-28(27)41-18-20-3-8-23(34)9-4-20)15-26-29(37)35-31(39)36(30(26)38)24-10-12-25(13-11-24)40-17-19-1-6-22(33)7-2-19/h1-16H,17-18H2,(H,35,37,39)/b26-15+. The van der Waals surface area contributed by atoms with Crippen molar-refractivity contribution in [3.05, 3.63) is 128 Å². The number of anilines is 1. The molecule has 0 atom stereocenters. The van der Waals surface area contributed by atoms with E-state index in [1.165, 1.54) is 6.08 Å². The molecule has 7 nitrogen and oxygen atoms in total. The van der Waals surface area contributed by atoms with Crippen molar-refractivity contribution in [1.29, 1.82) is 0 Å². The Bertz CT molecular complexity index is 1640. The summed E-state index contributed by atoms with van der Waals surface area (Å²) in [5.74, 6) is -0.397. The molecular weight excluding hydrogens is 631 g/mol. The van der Waals surface area contributed by atoms with Crippen LogP contribution >= 0.6 is 39.1 Å². The van der Waals surface area contributed by atoms with Crippen LogP contribution in [0.4, 0.5) is 10.5 Å². The molecule has 1 saturated heterocycles. The molecule has 10 heteroatoms. The molecule has 0 bridgehead atoms. The highest BCUT2D eigenvalue weighted by atomic mass is 79.9. The third-order valence-corrected chi connectivity index (χ3v) is 7.21. The van der Waals surface area contributed by atoms with Gasteiger partial charge in [-0.2, -0.15) is 0 Å². The molecule has 0 saturated carbocycles. The second-order valence-corrected chi connectivity index (χ2v) is 10.7. The third kappa shape index (κ3) is 6.97. The van der Waals surface area contributed by atoms with Gasteiger partial charge in [-0.05, 0) is 99.4 Å². The van der Waals surface area contributed by atoms with E-state index in [1.54, 1.807) is 66.7 Å². The third-order valence-electron chi connectivity index (χ3n) is 6.09. The topological polar surface area (TPSA) is 84.9 Å². The molecule has 1 aliphatic rings. The van der Waals surface area contributed by atoms with Crippen LogP contribution in [0.2, 0.25) is 10.0 Å². The van der Waals surface area contributed by atoms with Gasteiger partial charge in [-0.1, -0.05) is 53.5 Å². The fourth-order valence-electron chi connectivity index (χ4n) is 3.96. The smallest absolute Gasteiger partial charge is 0.335 e. The lowest BCUT2D eigenvalue weighted by molar-refractivity contribution is -0.122. The molecule has 1 N–H and O–H groups in total. The summed E-state index contributed by atoms with van der Waals surface area (Å²) < 4.78 is 12.3. The van der Waals surface area contributed by atoms with Gasteiger partial charge in [0.15, 0.2) is 0 Å². The molecule has 41 heavy (non-hydrogen) atoms. The van der Waals surface area contributed by atoms with Crippen molar-refractivity contribution in [2.45, 2.75) is 13.2 Å². The van der Waals surface area contributed by atoms with Crippen molar-refractivity contribution in [1.82, 2.24) is 5.32 Å². The summed E-state index contributed by atoms with van der Waals surface area (Å²) in [4.78, 5) is 39.4. The zero-order valence-electron chi connectivity index (χ0n) is 21.3. The molecule has 1 aliphatic heterocycles. The van der Waals surface area contributed by atoms with Gasteiger partial charge in [-0.15, -0.1) is 0 Å².